The summed E-state index contributed by atoms with van der Waals surface area (Å²) in [4.78, 5) is 31.5. The highest BCUT2D eigenvalue weighted by atomic mass is 35.5. The van der Waals surface area contributed by atoms with Crippen molar-refractivity contribution in [1.82, 2.24) is 4.90 Å². The van der Waals surface area contributed by atoms with Crippen LogP contribution in [0, 0.1) is 13.8 Å². The summed E-state index contributed by atoms with van der Waals surface area (Å²) < 4.78 is 0. The number of halogens is 1. The topological polar surface area (TPSA) is 61.8 Å². The van der Waals surface area contributed by atoms with E-state index < -0.39 is 5.25 Å². The maximum absolute atomic E-state index is 12.7. The zero-order chi connectivity index (χ0) is 20.3. The number of amides is 2. The Balaban J connectivity index is 1.83. The van der Waals surface area contributed by atoms with Crippen LogP contribution in [0.25, 0.3) is 0 Å². The molecule has 2 amide bonds. The van der Waals surface area contributed by atoms with Crippen molar-refractivity contribution in [3.8, 4) is 0 Å². The molecule has 1 aliphatic heterocycles. The van der Waals surface area contributed by atoms with E-state index in [0.29, 0.717) is 22.4 Å². The van der Waals surface area contributed by atoms with Gasteiger partial charge in [0.05, 0.1) is 5.69 Å². The number of carbonyl (C=O) groups is 2. The molecule has 2 aromatic rings. The van der Waals surface area contributed by atoms with E-state index in [1.165, 1.54) is 11.8 Å². The fourth-order valence-corrected chi connectivity index (χ4v) is 4.20. The number of anilines is 1. The van der Waals surface area contributed by atoms with Crippen molar-refractivity contribution in [2.24, 2.45) is 4.99 Å². The average molecular weight is 416 g/mol. The maximum atomic E-state index is 12.7. The van der Waals surface area contributed by atoms with Crippen LogP contribution in [-0.2, 0) is 9.59 Å². The van der Waals surface area contributed by atoms with Crippen LogP contribution < -0.4 is 5.32 Å². The standard InChI is InChI=1S/C21H22ClN3O2S/c1-4-25-19(26)12-18(20(27)23-15-7-5-6-13(2)10-15)28-21(25)24-16-9-8-14(3)17(22)11-16/h5-11,18H,4,12H2,1-3H3,(H,23,27). The van der Waals surface area contributed by atoms with E-state index in [-0.39, 0.29) is 18.2 Å². The number of carbonyl (C=O) groups excluding carboxylic acids is 2. The molecule has 0 radical (unpaired) electrons. The molecule has 1 heterocycles. The molecule has 28 heavy (non-hydrogen) atoms. The number of benzene rings is 2. The zero-order valence-electron chi connectivity index (χ0n) is 16.0. The predicted molar refractivity (Wildman–Crippen MR) is 116 cm³/mol. The average Bonchev–Trinajstić information content (AvgIpc) is 2.64. The third-order valence-corrected chi connectivity index (χ3v) is 6.01. The van der Waals surface area contributed by atoms with Crippen LogP contribution in [0.5, 0.6) is 0 Å². The lowest BCUT2D eigenvalue weighted by Gasteiger charge is -2.31. The first-order valence-corrected chi connectivity index (χ1v) is 10.3. The molecular weight excluding hydrogens is 394 g/mol. The highest BCUT2D eigenvalue weighted by Crippen LogP contribution is 2.31. The second-order valence-corrected chi connectivity index (χ2v) is 8.21. The van der Waals surface area contributed by atoms with Crippen LogP contribution in [0.1, 0.15) is 24.5 Å². The molecule has 0 aliphatic carbocycles. The molecule has 1 saturated heterocycles. The van der Waals surface area contributed by atoms with Crippen molar-refractivity contribution in [3.05, 3.63) is 58.6 Å². The first-order valence-electron chi connectivity index (χ1n) is 9.06. The van der Waals surface area contributed by atoms with E-state index in [4.69, 9.17) is 11.6 Å². The summed E-state index contributed by atoms with van der Waals surface area (Å²) in [6.07, 6.45) is 0.143. The molecule has 0 aromatic heterocycles. The van der Waals surface area contributed by atoms with Gasteiger partial charge in [-0.15, -0.1) is 0 Å². The fourth-order valence-electron chi connectivity index (χ4n) is 2.86. The van der Waals surface area contributed by atoms with Gasteiger partial charge >= 0.3 is 0 Å². The second kappa shape index (κ2) is 8.80. The van der Waals surface area contributed by atoms with Gasteiger partial charge in [-0.25, -0.2) is 4.99 Å². The quantitative estimate of drug-likeness (QED) is 0.769. The SMILES string of the molecule is CCN1C(=O)CC(C(=O)Nc2cccc(C)c2)SC1=Nc1ccc(C)c(Cl)c1. The van der Waals surface area contributed by atoms with E-state index in [1.807, 2.05) is 57.2 Å². The van der Waals surface area contributed by atoms with Crippen LogP contribution in [0.2, 0.25) is 5.02 Å². The fraction of sp³-hybridized carbons (Fsp3) is 0.286. The monoisotopic (exact) mass is 415 g/mol. The predicted octanol–water partition coefficient (Wildman–Crippen LogP) is 4.94. The minimum absolute atomic E-state index is 0.109. The molecule has 0 bridgehead atoms. The molecule has 146 valence electrons. The van der Waals surface area contributed by atoms with Crippen molar-refractivity contribution in [2.45, 2.75) is 32.4 Å². The molecule has 1 aliphatic rings. The molecule has 1 atom stereocenters. The molecule has 1 fully saturated rings. The summed E-state index contributed by atoms with van der Waals surface area (Å²) >= 11 is 7.50. The lowest BCUT2D eigenvalue weighted by Crippen LogP contribution is -2.45. The smallest absolute Gasteiger partial charge is 0.238 e. The zero-order valence-corrected chi connectivity index (χ0v) is 17.6. The summed E-state index contributed by atoms with van der Waals surface area (Å²) in [5, 5.41) is 3.50. The molecule has 0 saturated carbocycles. The van der Waals surface area contributed by atoms with Crippen LogP contribution >= 0.6 is 23.4 Å². The van der Waals surface area contributed by atoms with Gasteiger partial charge in [-0.1, -0.05) is 41.6 Å². The van der Waals surface area contributed by atoms with Crippen LogP contribution in [0.4, 0.5) is 11.4 Å². The van der Waals surface area contributed by atoms with Gasteiger partial charge in [-0.2, -0.15) is 0 Å². The Morgan fingerprint density at radius 1 is 1.29 bits per heavy atom. The number of hydrogen-bond acceptors (Lipinski definition) is 4. The number of nitrogens with one attached hydrogen (secondary N) is 1. The van der Waals surface area contributed by atoms with Gasteiger partial charge in [0.1, 0.15) is 5.25 Å². The third kappa shape index (κ3) is 4.75. The number of rotatable bonds is 4. The van der Waals surface area contributed by atoms with E-state index >= 15 is 0 Å². The Labute approximate surface area is 174 Å². The van der Waals surface area contributed by atoms with E-state index in [1.54, 1.807) is 11.0 Å². The summed E-state index contributed by atoms with van der Waals surface area (Å²) in [6, 6.07) is 13.1. The minimum atomic E-state index is -0.532. The van der Waals surface area contributed by atoms with Gasteiger partial charge in [0.2, 0.25) is 11.8 Å². The van der Waals surface area contributed by atoms with Gasteiger partial charge < -0.3 is 5.32 Å². The first-order chi connectivity index (χ1) is 13.4. The molecule has 7 heteroatoms. The summed E-state index contributed by atoms with van der Waals surface area (Å²) in [7, 11) is 0. The Morgan fingerprint density at radius 3 is 2.75 bits per heavy atom. The van der Waals surface area contributed by atoms with Gasteiger partial charge in [-0.05, 0) is 56.2 Å². The number of nitrogens with zero attached hydrogens (tertiary/aromatic N) is 2. The van der Waals surface area contributed by atoms with Crippen molar-refractivity contribution in [2.75, 3.05) is 11.9 Å². The molecule has 1 unspecified atom stereocenters. The summed E-state index contributed by atoms with van der Waals surface area (Å²) in [5.41, 5.74) is 3.39. The van der Waals surface area contributed by atoms with Gasteiger partial charge in [0.25, 0.3) is 0 Å². The molecule has 3 rings (SSSR count). The summed E-state index contributed by atoms with van der Waals surface area (Å²) in [5.74, 6) is -0.308. The number of hydrogen-bond donors (Lipinski definition) is 1. The number of amidine groups is 1. The van der Waals surface area contributed by atoms with Crippen molar-refractivity contribution in [1.29, 1.82) is 0 Å². The first kappa shape index (κ1) is 20.4. The van der Waals surface area contributed by atoms with Crippen LogP contribution in [0.15, 0.2) is 47.5 Å². The summed E-state index contributed by atoms with van der Waals surface area (Å²) in [6.45, 7) is 6.27. The minimum Gasteiger partial charge on any atom is -0.325 e. The van der Waals surface area contributed by atoms with E-state index in [9.17, 15) is 9.59 Å². The molecular formula is C21H22ClN3O2S. The number of aryl methyl sites for hydroxylation is 2. The van der Waals surface area contributed by atoms with Crippen molar-refractivity contribution in [3.63, 3.8) is 0 Å². The lowest BCUT2D eigenvalue weighted by atomic mass is 10.2. The Morgan fingerprint density at radius 2 is 2.07 bits per heavy atom. The van der Waals surface area contributed by atoms with Gasteiger partial charge in [0, 0.05) is 23.7 Å². The van der Waals surface area contributed by atoms with Crippen LogP contribution in [0.3, 0.4) is 0 Å². The largest absolute Gasteiger partial charge is 0.325 e. The second-order valence-electron chi connectivity index (χ2n) is 6.64. The maximum Gasteiger partial charge on any atom is 0.238 e. The normalized spacial score (nSPS) is 18.4. The Kier molecular flexibility index (Phi) is 6.42. The van der Waals surface area contributed by atoms with E-state index in [0.717, 1.165) is 16.8 Å². The molecule has 1 N–H and O–H groups in total. The Hall–Kier alpha value is -2.31. The number of thioether (sulfide) groups is 1. The van der Waals surface area contributed by atoms with Crippen LogP contribution in [-0.4, -0.2) is 33.7 Å². The Bertz CT molecular complexity index is 945. The van der Waals surface area contributed by atoms with Crippen molar-refractivity contribution >= 4 is 51.7 Å². The van der Waals surface area contributed by atoms with Gasteiger partial charge in [0.15, 0.2) is 5.17 Å². The lowest BCUT2D eigenvalue weighted by molar-refractivity contribution is -0.129. The van der Waals surface area contributed by atoms with Crippen molar-refractivity contribution < 1.29 is 9.59 Å². The molecule has 2 aromatic carbocycles. The third-order valence-electron chi connectivity index (χ3n) is 4.41. The van der Waals surface area contributed by atoms with E-state index in [2.05, 4.69) is 10.3 Å². The molecule has 5 nitrogen and oxygen atoms in total. The highest BCUT2D eigenvalue weighted by Gasteiger charge is 2.35. The molecule has 0 spiro atoms. The number of aliphatic imine (C=N–C) groups is 1. The van der Waals surface area contributed by atoms with Gasteiger partial charge in [-0.3, -0.25) is 14.5 Å². The highest BCUT2D eigenvalue weighted by molar-refractivity contribution is 8.15.